The summed E-state index contributed by atoms with van der Waals surface area (Å²) in [5.41, 5.74) is 0.874. The number of carbonyl (C=O) groups excluding carboxylic acids is 2. The van der Waals surface area contributed by atoms with Gasteiger partial charge in [0.25, 0.3) is 5.91 Å². The molecular weight excluding hydrogens is 425 g/mol. The van der Waals surface area contributed by atoms with Gasteiger partial charge in [0.1, 0.15) is 5.82 Å². The molecule has 9 heteroatoms. The Hall–Kier alpha value is -2.65. The molecule has 2 amide bonds. The highest BCUT2D eigenvalue weighted by Crippen LogP contribution is 2.26. The molecule has 0 unspecified atom stereocenters. The summed E-state index contributed by atoms with van der Waals surface area (Å²) < 4.78 is 19.2. The molecule has 4 rings (SSSR count). The summed E-state index contributed by atoms with van der Waals surface area (Å²) in [5.74, 6) is 0.839. The van der Waals surface area contributed by atoms with E-state index < -0.39 is 5.82 Å². The van der Waals surface area contributed by atoms with Gasteiger partial charge in [-0.15, -0.1) is 23.1 Å². The molecule has 2 aromatic heterocycles. The topological polar surface area (TPSA) is 66.7 Å². The Morgan fingerprint density at radius 1 is 1.10 bits per heavy atom. The van der Waals surface area contributed by atoms with Crippen LogP contribution >= 0.6 is 23.1 Å². The van der Waals surface area contributed by atoms with Crippen LogP contribution in [-0.4, -0.2) is 58.7 Å². The Morgan fingerprint density at radius 2 is 1.87 bits per heavy atom. The number of aromatic nitrogens is 1. The molecule has 1 aliphatic heterocycles. The molecule has 0 atom stereocenters. The van der Waals surface area contributed by atoms with Gasteiger partial charge in [0.15, 0.2) is 5.76 Å². The van der Waals surface area contributed by atoms with Gasteiger partial charge in [0.05, 0.1) is 21.9 Å². The maximum Gasteiger partial charge on any atom is 0.256 e. The molecule has 0 bridgehead atoms. The van der Waals surface area contributed by atoms with Gasteiger partial charge in [-0.1, -0.05) is 23.4 Å². The molecule has 0 saturated carbocycles. The van der Waals surface area contributed by atoms with E-state index in [0.717, 1.165) is 16.3 Å². The van der Waals surface area contributed by atoms with Gasteiger partial charge in [-0.2, -0.15) is 0 Å². The number of thioether (sulfide) groups is 1. The van der Waals surface area contributed by atoms with Crippen molar-refractivity contribution in [3.63, 3.8) is 0 Å². The second-order valence-electron chi connectivity index (χ2n) is 6.81. The number of benzene rings is 1. The number of piperazine rings is 1. The number of nitrogens with zero attached hydrogens (tertiary/aromatic N) is 3. The fourth-order valence-electron chi connectivity index (χ4n) is 3.21. The van der Waals surface area contributed by atoms with Gasteiger partial charge in [0, 0.05) is 38.0 Å². The Bertz CT molecular complexity index is 1010. The van der Waals surface area contributed by atoms with Crippen LogP contribution < -0.4 is 0 Å². The van der Waals surface area contributed by atoms with Crippen molar-refractivity contribution in [3.8, 4) is 10.6 Å². The van der Waals surface area contributed by atoms with E-state index in [1.165, 1.54) is 23.9 Å². The van der Waals surface area contributed by atoms with Crippen LogP contribution in [0.15, 0.2) is 52.4 Å². The maximum atomic E-state index is 13.8. The number of halogens is 1. The van der Waals surface area contributed by atoms with Gasteiger partial charge < -0.3 is 14.3 Å². The second-order valence-corrected chi connectivity index (χ2v) is 8.74. The fourth-order valence-corrected chi connectivity index (χ4v) is 4.69. The molecule has 1 fully saturated rings. The summed E-state index contributed by atoms with van der Waals surface area (Å²) >= 11 is 3.07. The first kappa shape index (κ1) is 20.6. The van der Waals surface area contributed by atoms with E-state index in [9.17, 15) is 14.0 Å². The molecule has 1 aliphatic rings. The highest BCUT2D eigenvalue weighted by molar-refractivity contribution is 7.99. The van der Waals surface area contributed by atoms with Crippen LogP contribution in [0.25, 0.3) is 10.6 Å². The molecule has 30 heavy (non-hydrogen) atoms. The molecule has 3 heterocycles. The molecule has 3 aromatic rings. The lowest BCUT2D eigenvalue weighted by atomic mass is 10.1. The van der Waals surface area contributed by atoms with E-state index >= 15 is 0 Å². The number of rotatable bonds is 6. The number of amides is 2. The van der Waals surface area contributed by atoms with Gasteiger partial charge in [-0.25, -0.2) is 4.39 Å². The van der Waals surface area contributed by atoms with E-state index in [0.29, 0.717) is 37.7 Å². The normalized spacial score (nSPS) is 14.2. The smallest absolute Gasteiger partial charge is 0.256 e. The zero-order chi connectivity index (χ0) is 20.9. The molecule has 6 nitrogen and oxygen atoms in total. The highest BCUT2D eigenvalue weighted by Gasteiger charge is 2.26. The summed E-state index contributed by atoms with van der Waals surface area (Å²) in [5, 5.41) is 6.04. The van der Waals surface area contributed by atoms with Gasteiger partial charge in [-0.05, 0) is 23.6 Å². The molecule has 0 spiro atoms. The van der Waals surface area contributed by atoms with Crippen molar-refractivity contribution in [2.45, 2.75) is 5.75 Å². The summed E-state index contributed by atoms with van der Waals surface area (Å²) in [4.78, 5) is 29.3. The molecular formula is C21H20FN3O3S2. The van der Waals surface area contributed by atoms with E-state index in [2.05, 4.69) is 5.16 Å². The largest absolute Gasteiger partial charge is 0.355 e. The monoisotopic (exact) mass is 445 g/mol. The summed E-state index contributed by atoms with van der Waals surface area (Å²) in [6.07, 6.45) is 0. The molecule has 0 radical (unpaired) electrons. The zero-order valence-corrected chi connectivity index (χ0v) is 17.8. The van der Waals surface area contributed by atoms with Crippen molar-refractivity contribution in [2.75, 3.05) is 31.9 Å². The maximum absolute atomic E-state index is 13.8. The van der Waals surface area contributed by atoms with Crippen LogP contribution in [0.2, 0.25) is 0 Å². The fraction of sp³-hybridized carbons (Fsp3) is 0.286. The van der Waals surface area contributed by atoms with Crippen molar-refractivity contribution >= 4 is 34.9 Å². The van der Waals surface area contributed by atoms with E-state index in [1.54, 1.807) is 33.3 Å². The summed E-state index contributed by atoms with van der Waals surface area (Å²) in [7, 11) is 0. The minimum Gasteiger partial charge on any atom is -0.355 e. The van der Waals surface area contributed by atoms with Crippen molar-refractivity contribution < 1.29 is 18.5 Å². The Kier molecular flexibility index (Phi) is 6.49. The third-order valence-corrected chi connectivity index (χ3v) is 6.66. The molecule has 0 N–H and O–H groups in total. The quantitative estimate of drug-likeness (QED) is 0.578. The number of hydrogen-bond donors (Lipinski definition) is 0. The predicted octanol–water partition coefficient (Wildman–Crippen LogP) is 3.76. The van der Waals surface area contributed by atoms with Crippen molar-refractivity contribution in [3.05, 3.63) is 64.9 Å². The first-order valence-electron chi connectivity index (χ1n) is 9.50. The third-order valence-electron chi connectivity index (χ3n) is 4.82. The van der Waals surface area contributed by atoms with Crippen LogP contribution in [0.1, 0.15) is 16.1 Å². The van der Waals surface area contributed by atoms with Crippen LogP contribution in [0.4, 0.5) is 4.39 Å². The van der Waals surface area contributed by atoms with Gasteiger partial charge >= 0.3 is 0 Å². The van der Waals surface area contributed by atoms with Crippen molar-refractivity contribution in [1.82, 2.24) is 15.0 Å². The van der Waals surface area contributed by atoms with Gasteiger partial charge in [0.2, 0.25) is 5.91 Å². The molecule has 1 saturated heterocycles. The van der Waals surface area contributed by atoms with Crippen molar-refractivity contribution in [2.24, 2.45) is 0 Å². The molecule has 1 aromatic carbocycles. The van der Waals surface area contributed by atoms with Crippen LogP contribution in [0.3, 0.4) is 0 Å². The minimum atomic E-state index is -0.521. The highest BCUT2D eigenvalue weighted by atomic mass is 32.2. The minimum absolute atomic E-state index is 0.0277. The van der Waals surface area contributed by atoms with Crippen LogP contribution in [-0.2, 0) is 10.5 Å². The van der Waals surface area contributed by atoms with Crippen molar-refractivity contribution in [1.29, 1.82) is 0 Å². The molecule has 0 aliphatic carbocycles. The van der Waals surface area contributed by atoms with Crippen LogP contribution in [0.5, 0.6) is 0 Å². The first-order valence-corrected chi connectivity index (χ1v) is 11.5. The van der Waals surface area contributed by atoms with E-state index in [4.69, 9.17) is 4.52 Å². The SMILES string of the molecule is O=C(CSCc1cc(-c2cccs2)on1)N1CCN(C(=O)c2ccccc2F)CC1. The standard InChI is InChI=1S/C21H20FN3O3S2/c22-17-5-2-1-4-16(17)21(27)25-9-7-24(8-10-25)20(26)14-29-13-15-12-18(28-23-15)19-6-3-11-30-19/h1-6,11-12H,7-10,13-14H2. The molecule has 156 valence electrons. The number of hydrogen-bond acceptors (Lipinski definition) is 6. The average Bonchev–Trinajstić information content (AvgIpc) is 3.46. The van der Waals surface area contributed by atoms with Crippen LogP contribution in [0, 0.1) is 5.82 Å². The predicted molar refractivity (Wildman–Crippen MR) is 115 cm³/mol. The average molecular weight is 446 g/mol. The lowest BCUT2D eigenvalue weighted by Gasteiger charge is -2.34. The second kappa shape index (κ2) is 9.44. The third kappa shape index (κ3) is 4.73. The number of carbonyl (C=O) groups is 2. The first-order chi connectivity index (χ1) is 14.6. The van der Waals surface area contributed by atoms with Gasteiger partial charge in [-0.3, -0.25) is 9.59 Å². The lowest BCUT2D eigenvalue weighted by molar-refractivity contribution is -0.129. The summed E-state index contributed by atoms with van der Waals surface area (Å²) in [6, 6.07) is 11.8. The zero-order valence-electron chi connectivity index (χ0n) is 16.1. The van der Waals surface area contributed by atoms with E-state index in [-0.39, 0.29) is 17.4 Å². The summed E-state index contributed by atoms with van der Waals surface area (Å²) in [6.45, 7) is 1.70. The number of thiophene rings is 1. The Labute approximate surface area is 181 Å². The Morgan fingerprint density at radius 3 is 2.60 bits per heavy atom. The lowest BCUT2D eigenvalue weighted by Crippen LogP contribution is -2.51. The Balaban J connectivity index is 1.22. The van der Waals surface area contributed by atoms with E-state index in [1.807, 2.05) is 23.6 Å².